The van der Waals surface area contributed by atoms with Gasteiger partial charge < -0.3 is 14.5 Å². The van der Waals surface area contributed by atoms with Gasteiger partial charge in [0.1, 0.15) is 5.82 Å². The zero-order chi connectivity index (χ0) is 19.6. The summed E-state index contributed by atoms with van der Waals surface area (Å²) in [4.78, 5) is 29.3. The minimum atomic E-state index is -0.461. The second-order valence-electron chi connectivity index (χ2n) is 6.74. The van der Waals surface area contributed by atoms with Crippen LogP contribution in [0.1, 0.15) is 23.3 Å². The Bertz CT molecular complexity index is 874. The summed E-state index contributed by atoms with van der Waals surface area (Å²) in [6.07, 6.45) is 1.75. The molecular weight excluding hydrogens is 351 g/mol. The molecule has 0 bridgehead atoms. The number of halogens is 1. The largest absolute Gasteiger partial charge is 0.494 e. The summed E-state index contributed by atoms with van der Waals surface area (Å²) in [7, 11) is 5.19. The highest BCUT2D eigenvalue weighted by Gasteiger charge is 2.28. The molecule has 3 rings (SSSR count). The lowest BCUT2D eigenvalue weighted by molar-refractivity contribution is 0.0648. The molecule has 0 spiro atoms. The number of likely N-dealkylation sites (tertiary alicyclic amines) is 1. The standard InChI is InChI=1S/C19H23FN4O3/c1-22-10-8-14(9-11-22)23(2)19(26)18-16(27-3)12-17(25)24(21-18)15-6-4-13(20)5-7-15/h4-7,12,14H,8-11H2,1-3H3. The van der Waals surface area contributed by atoms with Gasteiger partial charge in [-0.15, -0.1) is 0 Å². The summed E-state index contributed by atoms with van der Waals surface area (Å²) < 4.78 is 19.5. The van der Waals surface area contributed by atoms with Crippen molar-refractivity contribution in [3.63, 3.8) is 0 Å². The van der Waals surface area contributed by atoms with Gasteiger partial charge >= 0.3 is 0 Å². The van der Waals surface area contributed by atoms with Crippen LogP contribution < -0.4 is 10.3 Å². The molecule has 1 aliphatic heterocycles. The third-order valence-corrected chi connectivity index (χ3v) is 4.95. The summed E-state index contributed by atoms with van der Waals surface area (Å²) in [6.45, 7) is 1.84. The van der Waals surface area contributed by atoms with Crippen LogP contribution >= 0.6 is 0 Å². The van der Waals surface area contributed by atoms with E-state index in [1.165, 1.54) is 37.4 Å². The fourth-order valence-electron chi connectivity index (χ4n) is 3.23. The maximum Gasteiger partial charge on any atom is 0.278 e. The highest BCUT2D eigenvalue weighted by atomic mass is 19.1. The number of methoxy groups -OCH3 is 1. The van der Waals surface area contributed by atoms with E-state index in [2.05, 4.69) is 17.0 Å². The van der Waals surface area contributed by atoms with Crippen molar-refractivity contribution in [2.75, 3.05) is 34.3 Å². The quantitative estimate of drug-likeness (QED) is 0.812. The third-order valence-electron chi connectivity index (χ3n) is 4.95. The van der Waals surface area contributed by atoms with E-state index in [0.717, 1.165) is 30.6 Å². The van der Waals surface area contributed by atoms with Crippen LogP contribution in [0.3, 0.4) is 0 Å². The van der Waals surface area contributed by atoms with Crippen molar-refractivity contribution in [2.24, 2.45) is 0 Å². The highest BCUT2D eigenvalue weighted by molar-refractivity contribution is 5.94. The first-order valence-corrected chi connectivity index (χ1v) is 8.80. The second kappa shape index (κ2) is 7.87. The van der Waals surface area contributed by atoms with Gasteiger partial charge in [0.05, 0.1) is 18.9 Å². The molecule has 7 nitrogen and oxygen atoms in total. The molecule has 1 amide bonds. The van der Waals surface area contributed by atoms with Crippen LogP contribution in [0.5, 0.6) is 5.75 Å². The van der Waals surface area contributed by atoms with E-state index in [0.29, 0.717) is 5.69 Å². The Morgan fingerprint density at radius 2 is 1.89 bits per heavy atom. The zero-order valence-corrected chi connectivity index (χ0v) is 15.7. The van der Waals surface area contributed by atoms with Crippen molar-refractivity contribution in [3.05, 3.63) is 52.2 Å². The van der Waals surface area contributed by atoms with Crippen molar-refractivity contribution in [1.29, 1.82) is 0 Å². The van der Waals surface area contributed by atoms with Crippen molar-refractivity contribution < 1.29 is 13.9 Å². The van der Waals surface area contributed by atoms with Gasteiger partial charge in [-0.05, 0) is 57.2 Å². The molecule has 8 heteroatoms. The van der Waals surface area contributed by atoms with Gasteiger partial charge in [-0.25, -0.2) is 4.39 Å². The van der Waals surface area contributed by atoms with E-state index >= 15 is 0 Å². The molecule has 1 aromatic carbocycles. The molecule has 1 fully saturated rings. The lowest BCUT2D eigenvalue weighted by Crippen LogP contribution is -2.45. The first kappa shape index (κ1) is 19.0. The Balaban J connectivity index is 1.95. The highest BCUT2D eigenvalue weighted by Crippen LogP contribution is 2.20. The number of hydrogen-bond donors (Lipinski definition) is 0. The number of piperidine rings is 1. The number of ether oxygens (including phenoxy) is 1. The molecule has 0 radical (unpaired) electrons. The molecule has 2 aromatic rings. The van der Waals surface area contributed by atoms with E-state index in [-0.39, 0.29) is 23.4 Å². The smallest absolute Gasteiger partial charge is 0.278 e. The number of amides is 1. The Morgan fingerprint density at radius 3 is 2.48 bits per heavy atom. The number of carbonyl (C=O) groups excluding carboxylic acids is 1. The molecule has 0 unspecified atom stereocenters. The molecule has 1 saturated heterocycles. The van der Waals surface area contributed by atoms with Crippen LogP contribution in [0.4, 0.5) is 4.39 Å². The van der Waals surface area contributed by atoms with Crippen LogP contribution in [-0.2, 0) is 0 Å². The van der Waals surface area contributed by atoms with Crippen molar-refractivity contribution in [1.82, 2.24) is 19.6 Å². The summed E-state index contributed by atoms with van der Waals surface area (Å²) >= 11 is 0. The van der Waals surface area contributed by atoms with Gasteiger partial charge in [0.25, 0.3) is 11.5 Å². The van der Waals surface area contributed by atoms with E-state index in [1.54, 1.807) is 11.9 Å². The van der Waals surface area contributed by atoms with Gasteiger partial charge in [-0.2, -0.15) is 9.78 Å². The van der Waals surface area contributed by atoms with Crippen LogP contribution in [0.15, 0.2) is 35.1 Å². The summed E-state index contributed by atoms with van der Waals surface area (Å²) in [6, 6.07) is 6.67. The maximum atomic E-state index is 13.2. The van der Waals surface area contributed by atoms with E-state index in [1.807, 2.05) is 0 Å². The fourth-order valence-corrected chi connectivity index (χ4v) is 3.23. The molecule has 27 heavy (non-hydrogen) atoms. The minimum absolute atomic E-state index is 0.0582. The second-order valence-corrected chi connectivity index (χ2v) is 6.74. The first-order valence-electron chi connectivity index (χ1n) is 8.80. The Hall–Kier alpha value is -2.74. The number of benzene rings is 1. The molecular formula is C19H23FN4O3. The van der Waals surface area contributed by atoms with Gasteiger partial charge in [0.15, 0.2) is 11.4 Å². The fraction of sp³-hybridized carbons (Fsp3) is 0.421. The Kier molecular flexibility index (Phi) is 5.55. The van der Waals surface area contributed by atoms with E-state index in [9.17, 15) is 14.0 Å². The summed E-state index contributed by atoms with van der Waals surface area (Å²) in [5.74, 6) is -0.598. The van der Waals surface area contributed by atoms with E-state index in [4.69, 9.17) is 4.74 Å². The molecule has 0 saturated carbocycles. The summed E-state index contributed by atoms with van der Waals surface area (Å²) in [5, 5.41) is 4.23. The Labute approximate surface area is 157 Å². The first-order chi connectivity index (χ1) is 12.9. The number of carbonyl (C=O) groups is 1. The van der Waals surface area contributed by atoms with Crippen LogP contribution in [0, 0.1) is 5.82 Å². The minimum Gasteiger partial charge on any atom is -0.494 e. The SMILES string of the molecule is COc1cc(=O)n(-c2ccc(F)cc2)nc1C(=O)N(C)C1CCN(C)CC1. The topological polar surface area (TPSA) is 67.7 Å². The van der Waals surface area contributed by atoms with Crippen molar-refractivity contribution >= 4 is 5.91 Å². The molecule has 1 aliphatic rings. The normalized spacial score (nSPS) is 15.6. The average molecular weight is 374 g/mol. The molecule has 144 valence electrons. The average Bonchev–Trinajstić information content (AvgIpc) is 2.68. The lowest BCUT2D eigenvalue weighted by atomic mass is 10.0. The number of nitrogens with zero attached hydrogens (tertiary/aromatic N) is 4. The molecule has 0 atom stereocenters. The monoisotopic (exact) mass is 374 g/mol. The van der Waals surface area contributed by atoms with Crippen molar-refractivity contribution in [3.8, 4) is 11.4 Å². The summed E-state index contributed by atoms with van der Waals surface area (Å²) in [5.41, 5.74) is -0.0279. The molecule has 2 heterocycles. The molecule has 1 aromatic heterocycles. The molecule has 0 N–H and O–H groups in total. The third kappa shape index (κ3) is 4.00. The number of rotatable bonds is 4. The maximum absolute atomic E-state index is 13.2. The molecule has 0 aliphatic carbocycles. The number of aromatic nitrogens is 2. The predicted molar refractivity (Wildman–Crippen MR) is 99.0 cm³/mol. The van der Waals surface area contributed by atoms with Gasteiger partial charge in [-0.1, -0.05) is 0 Å². The van der Waals surface area contributed by atoms with Gasteiger partial charge in [0.2, 0.25) is 0 Å². The van der Waals surface area contributed by atoms with Crippen LogP contribution in [0.25, 0.3) is 5.69 Å². The Morgan fingerprint density at radius 1 is 1.26 bits per heavy atom. The van der Waals surface area contributed by atoms with E-state index < -0.39 is 11.4 Å². The predicted octanol–water partition coefficient (Wildman–Crippen LogP) is 1.55. The van der Waals surface area contributed by atoms with Crippen LogP contribution in [0.2, 0.25) is 0 Å². The van der Waals surface area contributed by atoms with Gasteiger partial charge in [0, 0.05) is 13.1 Å². The number of hydrogen-bond acceptors (Lipinski definition) is 5. The lowest BCUT2D eigenvalue weighted by Gasteiger charge is -2.35. The van der Waals surface area contributed by atoms with Crippen molar-refractivity contribution in [2.45, 2.75) is 18.9 Å². The zero-order valence-electron chi connectivity index (χ0n) is 15.7. The van der Waals surface area contributed by atoms with Crippen LogP contribution in [-0.4, -0.2) is 65.8 Å². The van der Waals surface area contributed by atoms with Gasteiger partial charge in [-0.3, -0.25) is 9.59 Å².